The van der Waals surface area contributed by atoms with Gasteiger partial charge in [0.25, 0.3) is 0 Å². The summed E-state index contributed by atoms with van der Waals surface area (Å²) in [5.74, 6) is -0.156. The summed E-state index contributed by atoms with van der Waals surface area (Å²) in [5, 5.41) is 3.51. The summed E-state index contributed by atoms with van der Waals surface area (Å²) >= 11 is 0. The zero-order valence-corrected chi connectivity index (χ0v) is 13.1. The fourth-order valence-electron chi connectivity index (χ4n) is 3.34. The van der Waals surface area contributed by atoms with Gasteiger partial charge in [0.1, 0.15) is 5.82 Å². The summed E-state index contributed by atoms with van der Waals surface area (Å²) in [4.78, 5) is 0. The Labute approximate surface area is 135 Å². The molecule has 1 atom stereocenters. The smallest absolute Gasteiger partial charge is 0.129 e. The molecule has 23 heavy (non-hydrogen) atoms. The predicted molar refractivity (Wildman–Crippen MR) is 90.2 cm³/mol. The van der Waals surface area contributed by atoms with Crippen LogP contribution in [0.25, 0.3) is 5.69 Å². The highest BCUT2D eigenvalue weighted by Crippen LogP contribution is 2.31. The number of aryl methyl sites for hydroxylation is 1. The third-order valence-electron chi connectivity index (χ3n) is 4.63. The van der Waals surface area contributed by atoms with Gasteiger partial charge in [-0.15, -0.1) is 0 Å². The van der Waals surface area contributed by atoms with E-state index in [1.54, 1.807) is 6.07 Å². The van der Waals surface area contributed by atoms with Gasteiger partial charge in [0.2, 0.25) is 0 Å². The van der Waals surface area contributed by atoms with Gasteiger partial charge in [0, 0.05) is 24.0 Å². The first kappa shape index (κ1) is 14.2. The number of hydrogen-bond donors (Lipinski definition) is 1. The van der Waals surface area contributed by atoms with Crippen LogP contribution < -0.4 is 5.32 Å². The van der Waals surface area contributed by atoms with Crippen molar-refractivity contribution in [3.8, 4) is 5.69 Å². The molecule has 0 saturated heterocycles. The van der Waals surface area contributed by atoms with Gasteiger partial charge in [0.05, 0.1) is 11.7 Å². The van der Waals surface area contributed by atoms with Crippen LogP contribution in [0.2, 0.25) is 0 Å². The van der Waals surface area contributed by atoms with E-state index in [0.29, 0.717) is 6.54 Å². The molecule has 0 aliphatic carbocycles. The number of benzene rings is 2. The number of halogens is 1. The van der Waals surface area contributed by atoms with Gasteiger partial charge in [-0.1, -0.05) is 37.3 Å². The number of aromatic nitrogens is 1. The molecule has 116 valence electrons. The standard InChI is InChI=1S/C20H19FN2/c1-2-14-8-10-15(11-9-14)20-19-7-4-12-23(19)18-6-3-5-17(21)16(18)13-22-20/h3-12,20,22H,2,13H2,1H3/t20-/m0/s1. The quantitative estimate of drug-likeness (QED) is 0.744. The summed E-state index contributed by atoms with van der Waals surface area (Å²) in [6.45, 7) is 2.67. The molecule has 1 aliphatic rings. The Kier molecular flexibility index (Phi) is 3.50. The summed E-state index contributed by atoms with van der Waals surface area (Å²) in [6.07, 6.45) is 3.04. The Hall–Kier alpha value is -2.39. The van der Waals surface area contributed by atoms with Crippen LogP contribution >= 0.6 is 0 Å². The molecular weight excluding hydrogens is 287 g/mol. The van der Waals surface area contributed by atoms with Crippen molar-refractivity contribution < 1.29 is 4.39 Å². The van der Waals surface area contributed by atoms with Crippen molar-refractivity contribution in [2.45, 2.75) is 25.9 Å². The minimum Gasteiger partial charge on any atom is -0.319 e. The van der Waals surface area contributed by atoms with E-state index in [4.69, 9.17) is 0 Å². The predicted octanol–water partition coefficient (Wildman–Crippen LogP) is 4.37. The first-order valence-electron chi connectivity index (χ1n) is 8.05. The average Bonchev–Trinajstić information content (AvgIpc) is 3.00. The van der Waals surface area contributed by atoms with E-state index in [-0.39, 0.29) is 11.9 Å². The SMILES string of the molecule is CCc1ccc([C@@H]2NCc3c(F)cccc3-n3cccc32)cc1. The lowest BCUT2D eigenvalue weighted by molar-refractivity contribution is 0.566. The maximum absolute atomic E-state index is 14.2. The fraction of sp³-hybridized carbons (Fsp3) is 0.200. The third kappa shape index (κ3) is 2.37. The van der Waals surface area contributed by atoms with Crippen molar-refractivity contribution in [3.05, 3.63) is 89.0 Å². The van der Waals surface area contributed by atoms with Crippen LogP contribution in [0, 0.1) is 5.82 Å². The molecule has 1 N–H and O–H groups in total. The molecule has 1 aliphatic heterocycles. The van der Waals surface area contributed by atoms with Crippen LogP contribution in [0.4, 0.5) is 4.39 Å². The van der Waals surface area contributed by atoms with Crippen LogP contribution in [0.15, 0.2) is 60.8 Å². The van der Waals surface area contributed by atoms with Crippen LogP contribution in [0.1, 0.15) is 35.3 Å². The molecule has 3 heteroatoms. The van der Waals surface area contributed by atoms with Gasteiger partial charge < -0.3 is 9.88 Å². The molecule has 0 radical (unpaired) electrons. The molecule has 0 fully saturated rings. The minimum absolute atomic E-state index is 0.0581. The Morgan fingerprint density at radius 3 is 2.70 bits per heavy atom. The van der Waals surface area contributed by atoms with E-state index >= 15 is 0 Å². The Bertz CT molecular complexity index is 833. The number of nitrogens with zero attached hydrogens (tertiary/aromatic N) is 1. The summed E-state index contributed by atoms with van der Waals surface area (Å²) in [5.41, 5.74) is 5.31. The van der Waals surface area contributed by atoms with E-state index < -0.39 is 0 Å². The molecule has 0 bridgehead atoms. The lowest BCUT2D eigenvalue weighted by Crippen LogP contribution is -2.21. The van der Waals surface area contributed by atoms with Gasteiger partial charge in [-0.25, -0.2) is 4.39 Å². The Morgan fingerprint density at radius 2 is 1.91 bits per heavy atom. The highest BCUT2D eigenvalue weighted by Gasteiger charge is 2.24. The van der Waals surface area contributed by atoms with E-state index in [1.165, 1.54) is 17.2 Å². The van der Waals surface area contributed by atoms with Gasteiger partial charge in [0.15, 0.2) is 0 Å². The van der Waals surface area contributed by atoms with Crippen molar-refractivity contribution in [2.75, 3.05) is 0 Å². The monoisotopic (exact) mass is 306 g/mol. The largest absolute Gasteiger partial charge is 0.319 e. The van der Waals surface area contributed by atoms with Crippen LogP contribution in [0.5, 0.6) is 0 Å². The Balaban J connectivity index is 1.82. The molecule has 0 spiro atoms. The molecule has 0 saturated carbocycles. The molecule has 1 aromatic heterocycles. The molecule has 4 rings (SSSR count). The average molecular weight is 306 g/mol. The topological polar surface area (TPSA) is 17.0 Å². The lowest BCUT2D eigenvalue weighted by atomic mass is 10.0. The van der Waals surface area contributed by atoms with Crippen LogP contribution in [-0.4, -0.2) is 4.57 Å². The molecular formula is C20H19FN2. The van der Waals surface area contributed by atoms with Crippen molar-refractivity contribution in [1.29, 1.82) is 0 Å². The zero-order valence-electron chi connectivity index (χ0n) is 13.1. The third-order valence-corrected chi connectivity index (χ3v) is 4.63. The number of rotatable bonds is 2. The first-order chi connectivity index (χ1) is 11.3. The second-order valence-electron chi connectivity index (χ2n) is 5.95. The molecule has 0 amide bonds. The molecule has 2 nitrogen and oxygen atoms in total. The highest BCUT2D eigenvalue weighted by atomic mass is 19.1. The number of fused-ring (bicyclic) bond motifs is 3. The first-order valence-corrected chi connectivity index (χ1v) is 8.05. The van der Waals surface area contributed by atoms with Gasteiger partial charge in [-0.3, -0.25) is 0 Å². The maximum atomic E-state index is 14.2. The zero-order chi connectivity index (χ0) is 15.8. The van der Waals surface area contributed by atoms with E-state index in [0.717, 1.165) is 23.4 Å². The normalized spacial score (nSPS) is 16.5. The lowest BCUT2D eigenvalue weighted by Gasteiger charge is -2.18. The molecule has 3 aromatic rings. The van der Waals surface area contributed by atoms with Gasteiger partial charge in [-0.05, 0) is 41.8 Å². The van der Waals surface area contributed by atoms with Crippen molar-refractivity contribution in [1.82, 2.24) is 9.88 Å². The molecule has 0 unspecified atom stereocenters. The van der Waals surface area contributed by atoms with Crippen LogP contribution in [0.3, 0.4) is 0 Å². The van der Waals surface area contributed by atoms with Crippen molar-refractivity contribution in [2.24, 2.45) is 0 Å². The van der Waals surface area contributed by atoms with Crippen LogP contribution in [-0.2, 0) is 13.0 Å². The van der Waals surface area contributed by atoms with Crippen molar-refractivity contribution >= 4 is 0 Å². The number of hydrogen-bond acceptors (Lipinski definition) is 1. The highest BCUT2D eigenvalue weighted by molar-refractivity contribution is 5.47. The van der Waals surface area contributed by atoms with E-state index in [1.807, 2.05) is 18.3 Å². The summed E-state index contributed by atoms with van der Waals surface area (Å²) in [6, 6.07) is 18.1. The van der Waals surface area contributed by atoms with Crippen molar-refractivity contribution in [3.63, 3.8) is 0 Å². The van der Waals surface area contributed by atoms with E-state index in [2.05, 4.69) is 47.1 Å². The van der Waals surface area contributed by atoms with E-state index in [9.17, 15) is 4.39 Å². The fourth-order valence-corrected chi connectivity index (χ4v) is 3.34. The Morgan fingerprint density at radius 1 is 1.09 bits per heavy atom. The maximum Gasteiger partial charge on any atom is 0.129 e. The van der Waals surface area contributed by atoms with Gasteiger partial charge >= 0.3 is 0 Å². The molecule has 2 aromatic carbocycles. The second-order valence-corrected chi connectivity index (χ2v) is 5.95. The summed E-state index contributed by atoms with van der Waals surface area (Å²) in [7, 11) is 0. The summed E-state index contributed by atoms with van der Waals surface area (Å²) < 4.78 is 16.3. The van der Waals surface area contributed by atoms with Gasteiger partial charge in [-0.2, -0.15) is 0 Å². The number of nitrogens with one attached hydrogen (secondary N) is 1. The second kappa shape index (κ2) is 5.67. The molecule has 2 heterocycles. The minimum atomic E-state index is -0.156.